The van der Waals surface area contributed by atoms with Gasteiger partial charge >= 0.3 is 16.1 Å². The van der Waals surface area contributed by atoms with Crippen LogP contribution in [0.5, 0.6) is 11.5 Å². The van der Waals surface area contributed by atoms with E-state index in [0.717, 1.165) is 11.8 Å². The van der Waals surface area contributed by atoms with Gasteiger partial charge in [0.15, 0.2) is 5.75 Å². The van der Waals surface area contributed by atoms with Crippen LogP contribution in [0.15, 0.2) is 10.5 Å². The number of carbonyl (C=O) groups excluding carboxylic acids is 1. The molecule has 0 unspecified atom stereocenters. The van der Waals surface area contributed by atoms with Crippen LogP contribution in [0.2, 0.25) is 0 Å². The Hall–Kier alpha value is -1.08. The van der Waals surface area contributed by atoms with Crippen LogP contribution in [0.4, 0.5) is 0 Å². The van der Waals surface area contributed by atoms with Crippen molar-refractivity contribution in [2.45, 2.75) is 32.6 Å². The highest BCUT2D eigenvalue weighted by Crippen LogP contribution is 2.48. The largest absolute Gasteiger partial charge is 0.426 e. The fourth-order valence-corrected chi connectivity index (χ4v) is 4.05. The first-order chi connectivity index (χ1) is 9.01. The summed E-state index contributed by atoms with van der Waals surface area (Å²) in [6.07, 6.45) is 1.21. The molecule has 20 heavy (non-hydrogen) atoms. The number of aryl methyl sites for hydroxylation is 1. The maximum Gasteiger partial charge on any atom is 0.312 e. The van der Waals surface area contributed by atoms with Crippen LogP contribution in [0.3, 0.4) is 0 Å². The summed E-state index contributed by atoms with van der Waals surface area (Å²) < 4.78 is 33.5. The van der Waals surface area contributed by atoms with Crippen molar-refractivity contribution in [2.75, 3.05) is 6.26 Å². The van der Waals surface area contributed by atoms with Crippen LogP contribution >= 0.6 is 15.9 Å². The molecule has 0 aliphatic carbocycles. The third kappa shape index (κ3) is 2.83. The van der Waals surface area contributed by atoms with Gasteiger partial charge in [-0.2, -0.15) is 8.42 Å². The minimum Gasteiger partial charge on any atom is -0.426 e. The lowest BCUT2D eigenvalue weighted by molar-refractivity contribution is -0.137. The van der Waals surface area contributed by atoms with Crippen molar-refractivity contribution < 1.29 is 22.1 Å². The highest BCUT2D eigenvalue weighted by Gasteiger charge is 2.37. The number of hydrogen-bond donors (Lipinski definition) is 0. The lowest BCUT2D eigenvalue weighted by atomic mass is 9.79. The molecular weight excluding hydrogens is 348 g/mol. The Labute approximate surface area is 126 Å². The van der Waals surface area contributed by atoms with Crippen molar-refractivity contribution in [2.24, 2.45) is 0 Å². The van der Waals surface area contributed by atoms with E-state index in [1.165, 1.54) is 0 Å². The van der Waals surface area contributed by atoms with Crippen LogP contribution < -0.4 is 8.92 Å². The average Bonchev–Trinajstić information content (AvgIpc) is 2.19. The molecule has 0 saturated heterocycles. The summed E-state index contributed by atoms with van der Waals surface area (Å²) in [5, 5.41) is 0. The summed E-state index contributed by atoms with van der Waals surface area (Å²) in [5.41, 5.74) is 0.847. The van der Waals surface area contributed by atoms with E-state index < -0.39 is 15.5 Å². The van der Waals surface area contributed by atoms with Gasteiger partial charge < -0.3 is 8.92 Å². The molecule has 5 nitrogen and oxygen atoms in total. The molecule has 1 aliphatic rings. The van der Waals surface area contributed by atoms with Gasteiger partial charge in [-0.1, -0.05) is 13.8 Å². The zero-order valence-corrected chi connectivity index (χ0v) is 14.0. The lowest BCUT2D eigenvalue weighted by Gasteiger charge is -2.32. The maximum atomic E-state index is 11.6. The van der Waals surface area contributed by atoms with E-state index in [1.807, 2.05) is 13.8 Å². The minimum atomic E-state index is -3.63. The van der Waals surface area contributed by atoms with Crippen LogP contribution in [0.1, 0.15) is 31.4 Å². The molecule has 1 aromatic rings. The standard InChI is InChI=1S/C13H15BrO5S/c1-7-5-8-10(13(2,3)6-9(15)18-8)11(14)12(7)19-20(4,16)17/h5H,6H2,1-4H3. The van der Waals surface area contributed by atoms with E-state index in [-0.39, 0.29) is 18.1 Å². The van der Waals surface area contributed by atoms with E-state index in [4.69, 9.17) is 8.92 Å². The van der Waals surface area contributed by atoms with Crippen molar-refractivity contribution in [3.63, 3.8) is 0 Å². The molecule has 0 fully saturated rings. The summed E-state index contributed by atoms with van der Waals surface area (Å²) in [7, 11) is -3.63. The van der Waals surface area contributed by atoms with Crippen LogP contribution in [-0.2, 0) is 20.3 Å². The maximum absolute atomic E-state index is 11.6. The predicted molar refractivity (Wildman–Crippen MR) is 77.6 cm³/mol. The zero-order chi connectivity index (χ0) is 15.3. The Balaban J connectivity index is 2.69. The molecule has 1 heterocycles. The second-order valence-electron chi connectivity index (χ2n) is 5.53. The highest BCUT2D eigenvalue weighted by molar-refractivity contribution is 9.10. The molecule has 0 bridgehead atoms. The number of fused-ring (bicyclic) bond motifs is 1. The zero-order valence-electron chi connectivity index (χ0n) is 11.6. The quantitative estimate of drug-likeness (QED) is 0.459. The van der Waals surface area contributed by atoms with Crippen molar-refractivity contribution in [3.8, 4) is 11.5 Å². The third-order valence-electron chi connectivity index (χ3n) is 3.09. The molecule has 0 atom stereocenters. The van der Waals surface area contributed by atoms with Crippen molar-refractivity contribution in [3.05, 3.63) is 21.7 Å². The van der Waals surface area contributed by atoms with Crippen molar-refractivity contribution >= 4 is 32.0 Å². The van der Waals surface area contributed by atoms with E-state index in [1.54, 1.807) is 13.0 Å². The molecule has 0 radical (unpaired) electrons. The number of ether oxygens (including phenoxy) is 1. The van der Waals surface area contributed by atoms with Crippen LogP contribution in [0, 0.1) is 6.92 Å². The van der Waals surface area contributed by atoms with E-state index in [9.17, 15) is 13.2 Å². The summed E-state index contributed by atoms with van der Waals surface area (Å²) in [5.74, 6) is 0.374. The number of esters is 1. The van der Waals surface area contributed by atoms with Crippen molar-refractivity contribution in [1.82, 2.24) is 0 Å². The molecule has 0 amide bonds. The molecule has 1 aliphatic heterocycles. The van der Waals surface area contributed by atoms with Crippen LogP contribution in [-0.4, -0.2) is 20.6 Å². The van der Waals surface area contributed by atoms with Gasteiger partial charge in [0.25, 0.3) is 0 Å². The van der Waals surface area contributed by atoms with E-state index in [2.05, 4.69) is 15.9 Å². The lowest BCUT2D eigenvalue weighted by Crippen LogP contribution is -2.31. The van der Waals surface area contributed by atoms with Gasteiger partial charge in [0.2, 0.25) is 0 Å². The van der Waals surface area contributed by atoms with Gasteiger partial charge in [-0.3, -0.25) is 4.79 Å². The molecule has 2 rings (SSSR count). The third-order valence-corrected chi connectivity index (χ3v) is 4.32. The fraction of sp³-hybridized carbons (Fsp3) is 0.462. The first-order valence-corrected chi connectivity index (χ1v) is 8.56. The Morgan fingerprint density at radius 1 is 1.40 bits per heavy atom. The highest BCUT2D eigenvalue weighted by atomic mass is 79.9. The second-order valence-corrected chi connectivity index (χ2v) is 7.90. The minimum absolute atomic E-state index is 0.222. The van der Waals surface area contributed by atoms with Gasteiger partial charge in [0.1, 0.15) is 5.75 Å². The Morgan fingerprint density at radius 3 is 2.55 bits per heavy atom. The Bertz CT molecular complexity index is 691. The van der Waals surface area contributed by atoms with E-state index in [0.29, 0.717) is 15.8 Å². The first kappa shape index (κ1) is 15.3. The fourth-order valence-electron chi connectivity index (χ4n) is 2.30. The predicted octanol–water partition coefficient (Wildman–Crippen LogP) is 2.68. The van der Waals surface area contributed by atoms with Gasteiger partial charge in [0.05, 0.1) is 17.1 Å². The molecule has 0 spiro atoms. The van der Waals surface area contributed by atoms with Gasteiger partial charge in [-0.05, 0) is 34.5 Å². The summed E-state index contributed by atoms with van der Waals surface area (Å²) in [6, 6.07) is 1.62. The molecule has 1 aromatic carbocycles. The SMILES string of the molecule is Cc1cc2c(c(Br)c1OS(C)(=O)=O)C(C)(C)CC(=O)O2. The molecule has 0 N–H and O–H groups in total. The average molecular weight is 363 g/mol. The molecule has 110 valence electrons. The Kier molecular flexibility index (Phi) is 3.62. The second kappa shape index (κ2) is 4.73. The topological polar surface area (TPSA) is 69.7 Å². The summed E-state index contributed by atoms with van der Waals surface area (Å²) in [4.78, 5) is 11.6. The normalized spacial score (nSPS) is 17.4. The number of hydrogen-bond acceptors (Lipinski definition) is 5. The van der Waals surface area contributed by atoms with Crippen molar-refractivity contribution in [1.29, 1.82) is 0 Å². The Morgan fingerprint density at radius 2 is 2.00 bits per heavy atom. The van der Waals surface area contributed by atoms with Crippen LogP contribution in [0.25, 0.3) is 0 Å². The number of benzene rings is 1. The number of carbonyl (C=O) groups is 1. The smallest absolute Gasteiger partial charge is 0.312 e. The number of halogens is 1. The molecular formula is C13H15BrO5S. The van der Waals surface area contributed by atoms with Gasteiger partial charge in [-0.25, -0.2) is 0 Å². The molecule has 7 heteroatoms. The summed E-state index contributed by atoms with van der Waals surface area (Å²) >= 11 is 3.39. The molecule has 0 saturated carbocycles. The molecule has 0 aromatic heterocycles. The first-order valence-electron chi connectivity index (χ1n) is 5.95. The monoisotopic (exact) mass is 362 g/mol. The number of rotatable bonds is 2. The summed E-state index contributed by atoms with van der Waals surface area (Å²) in [6.45, 7) is 5.49. The van der Waals surface area contributed by atoms with Gasteiger partial charge in [0, 0.05) is 11.0 Å². The van der Waals surface area contributed by atoms with E-state index >= 15 is 0 Å². The van der Waals surface area contributed by atoms with Gasteiger partial charge in [-0.15, -0.1) is 0 Å².